The van der Waals surface area contributed by atoms with E-state index in [1.54, 1.807) is 48.5 Å². The van der Waals surface area contributed by atoms with Crippen molar-refractivity contribution in [2.45, 2.75) is 13.2 Å². The van der Waals surface area contributed by atoms with Crippen molar-refractivity contribution in [3.63, 3.8) is 0 Å². The topological polar surface area (TPSA) is 46.6 Å². The predicted molar refractivity (Wildman–Crippen MR) is 128 cm³/mol. The Morgan fingerprint density at radius 3 is 2.53 bits per heavy atom. The van der Waals surface area contributed by atoms with Crippen LogP contribution in [0.2, 0.25) is 5.02 Å². The van der Waals surface area contributed by atoms with E-state index < -0.39 is 17.0 Å². The van der Waals surface area contributed by atoms with E-state index in [1.165, 1.54) is 6.07 Å². The number of ether oxygens (including phenoxy) is 1. The van der Waals surface area contributed by atoms with Gasteiger partial charge in [0.1, 0.15) is 18.2 Å². The first kappa shape index (κ1) is 22.6. The van der Waals surface area contributed by atoms with Crippen LogP contribution in [0.4, 0.5) is 9.18 Å². The number of thioether (sulfide) groups is 1. The molecule has 2 amide bonds. The Balaban J connectivity index is 1.45. The third-order valence-electron chi connectivity index (χ3n) is 4.72. The second-order valence-corrected chi connectivity index (χ2v) is 9.25. The summed E-state index contributed by atoms with van der Waals surface area (Å²) in [5.41, 5.74) is 2.00. The van der Waals surface area contributed by atoms with E-state index in [9.17, 15) is 14.0 Å². The summed E-state index contributed by atoms with van der Waals surface area (Å²) in [6.07, 6.45) is 1.64. The van der Waals surface area contributed by atoms with E-state index in [0.717, 1.165) is 27.8 Å². The lowest BCUT2D eigenvalue weighted by Gasteiger charge is -2.12. The van der Waals surface area contributed by atoms with E-state index in [-0.39, 0.29) is 11.4 Å². The van der Waals surface area contributed by atoms with Crippen LogP contribution in [0.15, 0.2) is 76.1 Å². The maximum Gasteiger partial charge on any atom is 0.293 e. The minimum Gasteiger partial charge on any atom is -0.488 e. The van der Waals surface area contributed by atoms with Gasteiger partial charge >= 0.3 is 0 Å². The summed E-state index contributed by atoms with van der Waals surface area (Å²) < 4.78 is 20.5. The van der Waals surface area contributed by atoms with E-state index in [0.29, 0.717) is 27.4 Å². The molecular weight excluding hydrogens is 517 g/mol. The normalized spacial score (nSPS) is 15.0. The molecule has 162 valence electrons. The fraction of sp³-hybridized carbons (Fsp3) is 0.0833. The van der Waals surface area contributed by atoms with Gasteiger partial charge in [-0.15, -0.1) is 0 Å². The largest absolute Gasteiger partial charge is 0.488 e. The molecule has 0 saturated carbocycles. The van der Waals surface area contributed by atoms with Gasteiger partial charge in [-0.2, -0.15) is 0 Å². The van der Waals surface area contributed by atoms with Gasteiger partial charge in [0.05, 0.1) is 15.9 Å². The van der Waals surface area contributed by atoms with Crippen molar-refractivity contribution in [3.8, 4) is 5.75 Å². The molecule has 3 aromatic rings. The number of hydrogen-bond acceptors (Lipinski definition) is 4. The average molecular weight is 533 g/mol. The van der Waals surface area contributed by atoms with E-state index >= 15 is 0 Å². The van der Waals surface area contributed by atoms with Crippen LogP contribution < -0.4 is 4.74 Å². The Bertz CT molecular complexity index is 1220. The molecule has 8 heteroatoms. The summed E-state index contributed by atoms with van der Waals surface area (Å²) in [5, 5.41) is 0.240. The summed E-state index contributed by atoms with van der Waals surface area (Å²) >= 11 is 10.2. The van der Waals surface area contributed by atoms with Crippen molar-refractivity contribution >= 4 is 56.5 Å². The van der Waals surface area contributed by atoms with Gasteiger partial charge in [-0.3, -0.25) is 14.5 Å². The lowest BCUT2D eigenvalue weighted by Crippen LogP contribution is -2.27. The lowest BCUT2D eigenvalue weighted by molar-refractivity contribution is -0.123. The zero-order valence-corrected chi connectivity index (χ0v) is 19.7. The number of halogens is 3. The molecule has 4 rings (SSSR count). The third-order valence-corrected chi connectivity index (χ3v) is 6.50. The Hall–Kier alpha value is -2.61. The first-order valence-electron chi connectivity index (χ1n) is 9.56. The first-order valence-corrected chi connectivity index (χ1v) is 11.5. The number of hydrogen-bond donors (Lipinski definition) is 0. The van der Waals surface area contributed by atoms with Crippen molar-refractivity contribution in [1.29, 1.82) is 0 Å². The number of carbonyl (C=O) groups is 2. The van der Waals surface area contributed by atoms with Crippen molar-refractivity contribution in [3.05, 3.63) is 104 Å². The minimum atomic E-state index is -0.450. The number of benzene rings is 3. The molecule has 0 spiro atoms. The molecule has 0 unspecified atom stereocenters. The number of amides is 2. The second-order valence-electron chi connectivity index (χ2n) is 6.96. The zero-order chi connectivity index (χ0) is 22.7. The van der Waals surface area contributed by atoms with Crippen molar-refractivity contribution in [2.24, 2.45) is 0 Å². The molecule has 0 bridgehead atoms. The maximum absolute atomic E-state index is 13.9. The molecule has 4 nitrogen and oxygen atoms in total. The van der Waals surface area contributed by atoms with Crippen molar-refractivity contribution in [2.75, 3.05) is 0 Å². The Labute approximate surface area is 202 Å². The highest BCUT2D eigenvalue weighted by Gasteiger charge is 2.35. The number of carbonyl (C=O) groups excluding carboxylic acids is 2. The van der Waals surface area contributed by atoms with Crippen LogP contribution in [0, 0.1) is 5.82 Å². The molecule has 1 aliphatic heterocycles. The highest BCUT2D eigenvalue weighted by atomic mass is 79.9. The van der Waals surface area contributed by atoms with Gasteiger partial charge in [-0.1, -0.05) is 48.0 Å². The van der Waals surface area contributed by atoms with Gasteiger partial charge in [-0.05, 0) is 75.2 Å². The molecule has 0 aromatic heterocycles. The smallest absolute Gasteiger partial charge is 0.293 e. The van der Waals surface area contributed by atoms with Crippen LogP contribution >= 0.6 is 39.3 Å². The molecule has 1 fully saturated rings. The van der Waals surface area contributed by atoms with Crippen LogP contribution in [0.25, 0.3) is 6.08 Å². The summed E-state index contributed by atoms with van der Waals surface area (Å²) in [4.78, 5) is 26.4. The molecule has 0 radical (unpaired) electrons. The fourth-order valence-electron chi connectivity index (χ4n) is 3.05. The van der Waals surface area contributed by atoms with Gasteiger partial charge in [0, 0.05) is 10.6 Å². The lowest BCUT2D eigenvalue weighted by atomic mass is 10.2. The Morgan fingerprint density at radius 2 is 1.81 bits per heavy atom. The van der Waals surface area contributed by atoms with E-state index in [1.807, 2.05) is 18.2 Å². The SMILES string of the molecule is O=C1S/C(=C/c2ccc(OCc3ccc(Cl)cc3)c(Br)c2)C(=O)N1Cc1ccccc1F. The van der Waals surface area contributed by atoms with Gasteiger partial charge in [0.25, 0.3) is 11.1 Å². The number of nitrogens with zero attached hydrogens (tertiary/aromatic N) is 1. The van der Waals surface area contributed by atoms with Gasteiger partial charge < -0.3 is 4.74 Å². The van der Waals surface area contributed by atoms with Crippen molar-refractivity contribution in [1.82, 2.24) is 4.90 Å². The molecule has 0 aliphatic carbocycles. The molecular formula is C24H16BrClFNO3S. The highest BCUT2D eigenvalue weighted by Crippen LogP contribution is 2.35. The monoisotopic (exact) mass is 531 g/mol. The minimum absolute atomic E-state index is 0.101. The third kappa shape index (κ3) is 5.23. The van der Waals surface area contributed by atoms with Gasteiger partial charge in [0.2, 0.25) is 0 Å². The standard InChI is InChI=1S/C24H16BrClFNO3S/c25-19-11-16(7-10-21(19)31-14-15-5-8-18(26)9-6-15)12-22-23(29)28(24(30)32-22)13-17-3-1-2-4-20(17)27/h1-12H,13-14H2/b22-12+. The molecule has 0 atom stereocenters. The fourth-order valence-corrected chi connectivity index (χ4v) is 4.53. The average Bonchev–Trinajstić information content (AvgIpc) is 3.03. The Kier molecular flexibility index (Phi) is 6.98. The van der Waals surface area contributed by atoms with Crippen LogP contribution in [0.3, 0.4) is 0 Å². The van der Waals surface area contributed by atoms with E-state index in [2.05, 4.69) is 15.9 Å². The predicted octanol–water partition coefficient (Wildman–Crippen LogP) is 7.06. The quantitative estimate of drug-likeness (QED) is 0.319. The van der Waals surface area contributed by atoms with Crippen LogP contribution in [0.1, 0.15) is 16.7 Å². The summed E-state index contributed by atoms with van der Waals surface area (Å²) in [6, 6.07) is 18.9. The first-order chi connectivity index (χ1) is 15.4. The van der Waals surface area contributed by atoms with Crippen LogP contribution in [-0.4, -0.2) is 16.0 Å². The molecule has 1 heterocycles. The summed E-state index contributed by atoms with van der Waals surface area (Å²) in [5.74, 6) is -0.249. The zero-order valence-electron chi connectivity index (χ0n) is 16.6. The maximum atomic E-state index is 13.9. The summed E-state index contributed by atoms with van der Waals surface area (Å²) in [7, 11) is 0. The highest BCUT2D eigenvalue weighted by molar-refractivity contribution is 9.10. The van der Waals surface area contributed by atoms with Crippen LogP contribution in [0.5, 0.6) is 5.75 Å². The summed E-state index contributed by atoms with van der Waals surface area (Å²) in [6.45, 7) is 0.278. The molecule has 1 saturated heterocycles. The van der Waals surface area contributed by atoms with Crippen molar-refractivity contribution < 1.29 is 18.7 Å². The molecule has 32 heavy (non-hydrogen) atoms. The number of imide groups is 1. The van der Waals surface area contributed by atoms with E-state index in [4.69, 9.17) is 16.3 Å². The molecule has 3 aromatic carbocycles. The second kappa shape index (κ2) is 9.90. The number of rotatable bonds is 6. The van der Waals surface area contributed by atoms with Gasteiger partial charge in [-0.25, -0.2) is 4.39 Å². The molecule has 1 aliphatic rings. The Morgan fingerprint density at radius 1 is 1.06 bits per heavy atom. The van der Waals surface area contributed by atoms with Crippen LogP contribution in [-0.2, 0) is 17.9 Å². The van der Waals surface area contributed by atoms with Gasteiger partial charge in [0.15, 0.2) is 0 Å². The molecule has 0 N–H and O–H groups in total.